The first-order valence-corrected chi connectivity index (χ1v) is 17.5. The number of hydrogen-bond acceptors (Lipinski definition) is 4. The molecule has 5 rings (SSSR count). The minimum atomic E-state index is -4.22. The van der Waals surface area contributed by atoms with Gasteiger partial charge in [-0.2, -0.15) is 0 Å². The number of rotatable bonds is 12. The zero-order chi connectivity index (χ0) is 32.7. The Morgan fingerprint density at radius 3 is 2.13 bits per heavy atom. The van der Waals surface area contributed by atoms with Gasteiger partial charge in [0.1, 0.15) is 12.6 Å². The number of nitrogens with one attached hydrogen (secondary N) is 1. The van der Waals surface area contributed by atoms with Crippen molar-refractivity contribution in [2.75, 3.05) is 10.8 Å². The molecule has 7 nitrogen and oxygen atoms in total. The summed E-state index contributed by atoms with van der Waals surface area (Å²) in [5.41, 5.74) is 2.49. The number of anilines is 1. The molecule has 1 N–H and O–H groups in total. The second-order valence-corrected chi connectivity index (χ2v) is 14.3. The topological polar surface area (TPSA) is 86.8 Å². The normalized spacial score (nSPS) is 14.1. The highest BCUT2D eigenvalue weighted by atomic mass is 35.5. The maximum atomic E-state index is 14.6. The highest BCUT2D eigenvalue weighted by molar-refractivity contribution is 7.92. The number of carbonyl (C=O) groups excluding carboxylic acids is 2. The van der Waals surface area contributed by atoms with E-state index < -0.39 is 28.5 Å². The zero-order valence-corrected chi connectivity index (χ0v) is 27.9. The fraction of sp³-hybridized carbons (Fsp3) is 0.278. The standard InChI is InChI=1S/C36H37Cl2N3O4S/c1-26-19-20-30(38)23-33(26)41(46(44,45)32-17-6-3-7-18-32)25-35(42)40(24-28-13-10-14-29(37)21-28)34(22-27-11-4-2-5-12-27)36(43)39-31-15-8-9-16-31/h2-7,10-14,17-21,23,31,34H,8-9,15-16,22,24-25H2,1H3,(H,39,43)/t34-/m0/s1. The summed E-state index contributed by atoms with van der Waals surface area (Å²) < 4.78 is 29.5. The summed E-state index contributed by atoms with van der Waals surface area (Å²) in [7, 11) is -4.22. The van der Waals surface area contributed by atoms with E-state index in [0.717, 1.165) is 35.6 Å². The number of sulfonamides is 1. The van der Waals surface area contributed by atoms with Crippen LogP contribution >= 0.6 is 23.2 Å². The van der Waals surface area contributed by atoms with E-state index in [2.05, 4.69) is 5.32 Å². The molecule has 1 atom stereocenters. The van der Waals surface area contributed by atoms with Gasteiger partial charge in [0.15, 0.2) is 0 Å². The highest BCUT2D eigenvalue weighted by Gasteiger charge is 2.36. The van der Waals surface area contributed by atoms with Gasteiger partial charge in [-0.1, -0.05) is 103 Å². The Bertz CT molecular complexity index is 1760. The summed E-state index contributed by atoms with van der Waals surface area (Å²) >= 11 is 12.7. The van der Waals surface area contributed by atoms with Gasteiger partial charge in [0.2, 0.25) is 11.8 Å². The van der Waals surface area contributed by atoms with Crippen LogP contribution in [0, 0.1) is 6.92 Å². The lowest BCUT2D eigenvalue weighted by atomic mass is 10.0. The van der Waals surface area contributed by atoms with E-state index in [0.29, 0.717) is 21.2 Å². The molecule has 10 heteroatoms. The Balaban J connectivity index is 1.58. The predicted molar refractivity (Wildman–Crippen MR) is 183 cm³/mol. The van der Waals surface area contributed by atoms with Crippen molar-refractivity contribution < 1.29 is 18.0 Å². The van der Waals surface area contributed by atoms with E-state index in [4.69, 9.17) is 23.2 Å². The van der Waals surface area contributed by atoms with E-state index in [9.17, 15) is 18.0 Å². The van der Waals surface area contributed by atoms with Crippen LogP contribution in [0.5, 0.6) is 0 Å². The largest absolute Gasteiger partial charge is 0.352 e. The predicted octanol–water partition coefficient (Wildman–Crippen LogP) is 7.20. The van der Waals surface area contributed by atoms with Gasteiger partial charge in [-0.3, -0.25) is 13.9 Å². The summed E-state index contributed by atoms with van der Waals surface area (Å²) in [6, 6.07) is 28.6. The quantitative estimate of drug-likeness (QED) is 0.172. The van der Waals surface area contributed by atoms with Gasteiger partial charge in [0, 0.05) is 29.1 Å². The van der Waals surface area contributed by atoms with E-state index in [1.54, 1.807) is 61.5 Å². The van der Waals surface area contributed by atoms with Crippen LogP contribution in [0.25, 0.3) is 0 Å². The number of halogens is 2. The Labute approximate surface area is 281 Å². The number of aryl methyl sites for hydroxylation is 1. The van der Waals surface area contributed by atoms with Crippen LogP contribution in [0.1, 0.15) is 42.4 Å². The Hall–Kier alpha value is -3.85. The van der Waals surface area contributed by atoms with E-state index in [1.807, 2.05) is 36.4 Å². The van der Waals surface area contributed by atoms with Crippen LogP contribution in [0.15, 0.2) is 108 Å². The van der Waals surface area contributed by atoms with Gasteiger partial charge < -0.3 is 10.2 Å². The minimum absolute atomic E-state index is 0.0259. The number of amides is 2. The fourth-order valence-electron chi connectivity index (χ4n) is 5.84. The molecule has 240 valence electrons. The lowest BCUT2D eigenvalue weighted by Crippen LogP contribution is -2.54. The maximum Gasteiger partial charge on any atom is 0.264 e. The van der Waals surface area contributed by atoms with Crippen LogP contribution < -0.4 is 9.62 Å². The van der Waals surface area contributed by atoms with Crippen molar-refractivity contribution in [2.45, 2.75) is 62.6 Å². The lowest BCUT2D eigenvalue weighted by molar-refractivity contribution is -0.140. The van der Waals surface area contributed by atoms with Gasteiger partial charge in [-0.15, -0.1) is 0 Å². The number of hydrogen-bond donors (Lipinski definition) is 1. The van der Waals surface area contributed by atoms with E-state index in [1.165, 1.54) is 17.0 Å². The van der Waals surface area contributed by atoms with Crippen LogP contribution in [-0.4, -0.2) is 43.8 Å². The van der Waals surface area contributed by atoms with Crippen LogP contribution in [0.2, 0.25) is 10.0 Å². The molecular weight excluding hydrogens is 641 g/mol. The lowest BCUT2D eigenvalue weighted by Gasteiger charge is -2.34. The molecule has 1 aliphatic carbocycles. The van der Waals surface area contributed by atoms with Crippen LogP contribution in [0.4, 0.5) is 5.69 Å². The smallest absolute Gasteiger partial charge is 0.264 e. The SMILES string of the molecule is Cc1ccc(Cl)cc1N(CC(=O)N(Cc1cccc(Cl)c1)[C@@H](Cc1ccccc1)C(=O)NC1CCCC1)S(=O)(=O)c1ccccc1. The van der Waals surface area contributed by atoms with Crippen molar-refractivity contribution in [3.8, 4) is 0 Å². The molecule has 1 saturated carbocycles. The molecule has 0 radical (unpaired) electrons. The van der Waals surface area contributed by atoms with Crippen molar-refractivity contribution in [2.24, 2.45) is 0 Å². The fourth-order valence-corrected chi connectivity index (χ4v) is 7.71. The second kappa shape index (κ2) is 15.2. The first kappa shape index (κ1) is 33.5. The molecule has 0 bridgehead atoms. The third kappa shape index (κ3) is 8.29. The van der Waals surface area contributed by atoms with Gasteiger partial charge in [0.25, 0.3) is 10.0 Å². The monoisotopic (exact) mass is 677 g/mol. The molecule has 1 fully saturated rings. The second-order valence-electron chi connectivity index (χ2n) is 11.6. The molecule has 0 aromatic heterocycles. The van der Waals surface area contributed by atoms with Crippen LogP contribution in [0.3, 0.4) is 0 Å². The summed E-state index contributed by atoms with van der Waals surface area (Å²) in [4.78, 5) is 30.3. The van der Waals surface area contributed by atoms with Crippen LogP contribution in [-0.2, 0) is 32.6 Å². The summed E-state index contributed by atoms with van der Waals surface area (Å²) in [5, 5.41) is 4.00. The Kier molecular flexibility index (Phi) is 11.0. The number of nitrogens with zero attached hydrogens (tertiary/aromatic N) is 2. The molecule has 4 aromatic rings. The molecule has 0 unspecified atom stereocenters. The van der Waals surface area contributed by atoms with Crippen molar-refractivity contribution in [1.29, 1.82) is 0 Å². The Morgan fingerprint density at radius 1 is 0.826 bits per heavy atom. The molecule has 0 aliphatic heterocycles. The minimum Gasteiger partial charge on any atom is -0.352 e. The summed E-state index contributed by atoms with van der Waals surface area (Å²) in [5.74, 6) is -0.816. The molecular formula is C36H37Cl2N3O4S. The molecule has 1 aliphatic rings. The summed E-state index contributed by atoms with van der Waals surface area (Å²) in [6.45, 7) is 1.25. The van der Waals surface area contributed by atoms with Crippen molar-refractivity contribution in [3.05, 3.63) is 130 Å². The van der Waals surface area contributed by atoms with Crippen molar-refractivity contribution in [3.63, 3.8) is 0 Å². The Morgan fingerprint density at radius 2 is 1.46 bits per heavy atom. The molecule has 2 amide bonds. The van der Waals surface area contributed by atoms with Gasteiger partial charge in [-0.25, -0.2) is 8.42 Å². The van der Waals surface area contributed by atoms with E-state index in [-0.39, 0.29) is 35.5 Å². The summed E-state index contributed by atoms with van der Waals surface area (Å²) in [6.07, 6.45) is 4.06. The maximum absolute atomic E-state index is 14.6. The van der Waals surface area contributed by atoms with E-state index >= 15 is 0 Å². The highest BCUT2D eigenvalue weighted by Crippen LogP contribution is 2.30. The van der Waals surface area contributed by atoms with Crippen molar-refractivity contribution >= 4 is 50.7 Å². The molecule has 0 heterocycles. The first-order chi connectivity index (χ1) is 22.1. The van der Waals surface area contributed by atoms with Gasteiger partial charge >= 0.3 is 0 Å². The zero-order valence-electron chi connectivity index (χ0n) is 25.6. The average molecular weight is 679 g/mol. The molecule has 46 heavy (non-hydrogen) atoms. The molecule has 0 saturated heterocycles. The molecule has 4 aromatic carbocycles. The average Bonchev–Trinajstić information content (AvgIpc) is 3.56. The third-order valence-corrected chi connectivity index (χ3v) is 10.5. The third-order valence-electron chi connectivity index (χ3n) is 8.26. The number of carbonyl (C=O) groups is 2. The first-order valence-electron chi connectivity index (χ1n) is 15.3. The number of benzene rings is 4. The van der Waals surface area contributed by atoms with Crippen molar-refractivity contribution in [1.82, 2.24) is 10.2 Å². The van der Waals surface area contributed by atoms with Gasteiger partial charge in [-0.05, 0) is 72.9 Å². The molecule has 0 spiro atoms. The van der Waals surface area contributed by atoms with Gasteiger partial charge in [0.05, 0.1) is 10.6 Å².